The first kappa shape index (κ1) is 32.4. The van der Waals surface area contributed by atoms with E-state index < -0.39 is 0 Å². The fourth-order valence-corrected chi connectivity index (χ4v) is 13.5. The summed E-state index contributed by atoms with van der Waals surface area (Å²) in [5.74, 6) is 0. The van der Waals surface area contributed by atoms with Crippen molar-refractivity contribution in [3.63, 3.8) is 0 Å². The highest BCUT2D eigenvalue weighted by Crippen LogP contribution is 2.58. The molecule has 17 aromatic carbocycles. The second-order valence-electron chi connectivity index (χ2n) is 18.5. The number of rotatable bonds is 2. The van der Waals surface area contributed by atoms with Gasteiger partial charge in [0.1, 0.15) is 0 Å². The van der Waals surface area contributed by atoms with Gasteiger partial charge in [-0.15, -0.1) is 0 Å². The third-order valence-electron chi connectivity index (χ3n) is 15.7. The van der Waals surface area contributed by atoms with Gasteiger partial charge < -0.3 is 0 Å². The maximum Gasteiger partial charge on any atom is -0.000717 e. The largest absolute Gasteiger partial charge is 0.0622 e. The molecule has 0 aliphatic rings. The van der Waals surface area contributed by atoms with Crippen LogP contribution >= 0.6 is 0 Å². The minimum absolute atomic E-state index is 1.26. The first-order valence-corrected chi connectivity index (χ1v) is 22.6. The second kappa shape index (κ2) is 11.0. The van der Waals surface area contributed by atoms with E-state index in [2.05, 4.69) is 194 Å². The molecule has 0 saturated carbocycles. The van der Waals surface area contributed by atoms with Crippen LogP contribution in [-0.4, -0.2) is 0 Å². The van der Waals surface area contributed by atoms with Crippen LogP contribution in [0, 0.1) is 0 Å². The van der Waals surface area contributed by atoms with Crippen molar-refractivity contribution < 1.29 is 0 Å². The van der Waals surface area contributed by atoms with Crippen LogP contribution in [0.5, 0.6) is 0 Å². The van der Waals surface area contributed by atoms with Gasteiger partial charge in [0.05, 0.1) is 0 Å². The van der Waals surface area contributed by atoms with Gasteiger partial charge in [0.2, 0.25) is 0 Å². The molecule has 0 N–H and O–H groups in total. The molecule has 0 heterocycles. The van der Waals surface area contributed by atoms with E-state index >= 15 is 0 Å². The summed E-state index contributed by atoms with van der Waals surface area (Å²) in [4.78, 5) is 0. The highest BCUT2D eigenvalue weighted by Gasteiger charge is 2.29. The molecule has 288 valence electrons. The van der Waals surface area contributed by atoms with Gasteiger partial charge in [0, 0.05) is 0 Å². The number of benzene rings is 13. The van der Waals surface area contributed by atoms with Gasteiger partial charge in [-0.1, -0.05) is 188 Å². The lowest BCUT2D eigenvalue weighted by Gasteiger charge is -2.15. The lowest BCUT2D eigenvalue weighted by Crippen LogP contribution is -1.87. The highest BCUT2D eigenvalue weighted by molar-refractivity contribution is 6.52. The average Bonchev–Trinajstić information content (AvgIpc) is 4.08. The zero-order valence-electron chi connectivity index (χ0n) is 34.5. The first-order valence-electron chi connectivity index (χ1n) is 22.6. The predicted octanol–water partition coefficient (Wildman–Crippen LogP) is 18.4. The third kappa shape index (κ3) is 3.56. The summed E-state index contributed by atoms with van der Waals surface area (Å²) in [6.45, 7) is 0. The molecule has 0 aromatic heterocycles. The van der Waals surface area contributed by atoms with Crippen molar-refractivity contribution in [2.75, 3.05) is 0 Å². The van der Waals surface area contributed by atoms with E-state index in [1.807, 2.05) is 0 Å². The van der Waals surface area contributed by atoms with E-state index in [4.69, 9.17) is 0 Å². The van der Waals surface area contributed by atoms with Gasteiger partial charge in [0.25, 0.3) is 0 Å². The molecule has 0 unspecified atom stereocenters. The minimum atomic E-state index is 1.26. The molecule has 64 heavy (non-hydrogen) atoms. The average molecular weight is 801 g/mol. The second-order valence-corrected chi connectivity index (χ2v) is 18.5. The summed E-state index contributed by atoms with van der Waals surface area (Å²) in [7, 11) is 0. The van der Waals surface area contributed by atoms with Crippen LogP contribution in [0.15, 0.2) is 194 Å². The molecule has 0 fully saturated rings. The highest BCUT2D eigenvalue weighted by atomic mass is 14.3. The zero-order valence-corrected chi connectivity index (χ0v) is 34.5. The van der Waals surface area contributed by atoms with Gasteiger partial charge in [-0.25, -0.2) is 0 Å². The van der Waals surface area contributed by atoms with Crippen LogP contribution in [0.2, 0.25) is 0 Å². The van der Waals surface area contributed by atoms with Crippen LogP contribution in [0.3, 0.4) is 0 Å². The summed E-state index contributed by atoms with van der Waals surface area (Å²) in [5.41, 5.74) is 5.19. The van der Waals surface area contributed by atoms with E-state index in [-0.39, 0.29) is 0 Å². The molecular formula is C64H32. The molecular weight excluding hydrogens is 769 g/mol. The van der Waals surface area contributed by atoms with Crippen LogP contribution in [0.1, 0.15) is 0 Å². The fourth-order valence-electron chi connectivity index (χ4n) is 13.5. The molecule has 0 amide bonds. The molecule has 0 heteroatoms. The molecule has 0 bridgehead atoms. The lowest BCUT2D eigenvalue weighted by molar-refractivity contribution is 1.68. The summed E-state index contributed by atoms with van der Waals surface area (Å²) in [6.07, 6.45) is 0. The van der Waals surface area contributed by atoms with Gasteiger partial charge in [-0.3, -0.25) is 0 Å². The van der Waals surface area contributed by atoms with Crippen molar-refractivity contribution in [2.45, 2.75) is 0 Å². The van der Waals surface area contributed by atoms with Gasteiger partial charge in [0.15, 0.2) is 0 Å². The molecule has 0 atom stereocenters. The quantitative estimate of drug-likeness (QED) is 0.121. The van der Waals surface area contributed by atoms with Crippen LogP contribution in [-0.2, 0) is 0 Å². The van der Waals surface area contributed by atoms with E-state index in [0.717, 1.165) is 0 Å². The van der Waals surface area contributed by atoms with Gasteiger partial charge in [-0.05, 0) is 179 Å². The van der Waals surface area contributed by atoms with E-state index in [9.17, 15) is 0 Å². The van der Waals surface area contributed by atoms with Gasteiger partial charge >= 0.3 is 0 Å². The summed E-state index contributed by atoms with van der Waals surface area (Å²) < 4.78 is 0. The normalized spacial score (nSPS) is 13.0. The monoisotopic (exact) mass is 800 g/mol. The Morgan fingerprint density at radius 1 is 0.156 bits per heavy atom. The first-order chi connectivity index (χ1) is 31.8. The maximum atomic E-state index is 2.47. The SMILES string of the molecule is c1ccc(-c2c3c4cccc5cccc(c3c(-c3ccccc3)c3c6ccc7c8ccc9c%10c(ccc(c%11ccc(c23)c6c%117)c8%10)c2cc3cccc6c7ccccc7c(c36)c29)c54)cc1. The van der Waals surface area contributed by atoms with Crippen molar-refractivity contribution in [3.05, 3.63) is 194 Å². The molecule has 0 radical (unpaired) electrons. The van der Waals surface area contributed by atoms with Crippen molar-refractivity contribution in [2.24, 2.45) is 0 Å². The molecule has 17 rings (SSSR count). The van der Waals surface area contributed by atoms with Crippen LogP contribution in [0.25, 0.3) is 173 Å². The molecule has 0 saturated heterocycles. The fraction of sp³-hybridized carbons (Fsp3) is 0. The van der Waals surface area contributed by atoms with Crippen LogP contribution < -0.4 is 0 Å². The van der Waals surface area contributed by atoms with Gasteiger partial charge in [-0.2, -0.15) is 0 Å². The predicted molar refractivity (Wildman–Crippen MR) is 278 cm³/mol. The third-order valence-corrected chi connectivity index (χ3v) is 15.7. The van der Waals surface area contributed by atoms with Crippen molar-refractivity contribution in [3.8, 4) is 22.3 Å². The van der Waals surface area contributed by atoms with E-state index in [1.165, 1.54) is 173 Å². The Labute approximate surface area is 365 Å². The smallest absolute Gasteiger partial charge is 0.000717 e. The number of fused-ring (bicyclic) bond motifs is 15. The van der Waals surface area contributed by atoms with Crippen molar-refractivity contribution in [1.82, 2.24) is 0 Å². The molecule has 0 spiro atoms. The summed E-state index contributed by atoms with van der Waals surface area (Å²) in [5, 5.41) is 37.9. The Bertz CT molecular complexity index is 4670. The Hall–Kier alpha value is -8.32. The zero-order chi connectivity index (χ0) is 41.1. The summed E-state index contributed by atoms with van der Waals surface area (Å²) in [6, 6.07) is 74.2. The standard InChI is InChI=1S/C64H32/c1-3-12-34(13-4-1)53-61-45-22-9-16-33-17-10-23-46(51(33)45)62(61)54(35-14-5-2-6-15-35)64-49-31-28-43-41-26-29-47-57-44(25-24-40(55(41)57)42-27-30-48(63(53)64)58(49)56(42)43)50-32-36-18-11-21-38-37-19-7-8-20-39(37)60(52(36)38)59(47)50/h1-32H. The Kier molecular flexibility index (Phi) is 5.57. The van der Waals surface area contributed by atoms with Crippen molar-refractivity contribution in [1.29, 1.82) is 0 Å². The molecule has 17 aromatic rings. The number of hydrogen-bond acceptors (Lipinski definition) is 0. The molecule has 0 aliphatic carbocycles. The molecule has 0 aliphatic heterocycles. The van der Waals surface area contributed by atoms with E-state index in [0.29, 0.717) is 0 Å². The van der Waals surface area contributed by atoms with Crippen molar-refractivity contribution >= 4 is 151 Å². The minimum Gasteiger partial charge on any atom is -0.0622 e. The molecule has 0 nitrogen and oxygen atoms in total. The maximum absolute atomic E-state index is 2.47. The topological polar surface area (TPSA) is 0 Å². The summed E-state index contributed by atoms with van der Waals surface area (Å²) >= 11 is 0. The van der Waals surface area contributed by atoms with E-state index in [1.54, 1.807) is 0 Å². The Morgan fingerprint density at radius 3 is 1.03 bits per heavy atom. The van der Waals surface area contributed by atoms with Crippen LogP contribution in [0.4, 0.5) is 0 Å². The lowest BCUT2D eigenvalue weighted by atomic mass is 9.87. The number of hydrogen-bond donors (Lipinski definition) is 0. The Morgan fingerprint density at radius 2 is 0.484 bits per heavy atom. The Balaban J connectivity index is 1.09.